The Morgan fingerprint density at radius 1 is 1.56 bits per heavy atom. The molecular weight excluding hydrogens is 210 g/mol. The lowest BCUT2D eigenvalue weighted by Gasteiger charge is -2.38. The maximum absolute atomic E-state index is 12.1. The first-order valence-corrected chi connectivity index (χ1v) is 5.63. The Kier molecular flexibility index (Phi) is 2.66. The zero-order chi connectivity index (χ0) is 11.9. The van der Waals surface area contributed by atoms with Gasteiger partial charge in [0.25, 0.3) is 5.91 Å². The first kappa shape index (κ1) is 11.4. The Bertz CT molecular complexity index is 318. The first-order valence-electron chi connectivity index (χ1n) is 5.63. The second-order valence-corrected chi connectivity index (χ2v) is 4.69. The van der Waals surface area contributed by atoms with E-state index >= 15 is 0 Å². The van der Waals surface area contributed by atoms with E-state index in [9.17, 15) is 14.7 Å². The van der Waals surface area contributed by atoms with E-state index in [2.05, 4.69) is 0 Å². The smallest absolute Gasteiger partial charge is 0.329 e. The standard InChI is InChI=1S/C11H17NO4/c1-3-8(16-2)9(13)12-6-7-4-11(12,5-7)10(14)15/h7-8H,3-6H2,1-2H3,(H,14,15). The third kappa shape index (κ3) is 1.34. The summed E-state index contributed by atoms with van der Waals surface area (Å²) in [7, 11) is 1.49. The Balaban J connectivity index is 2.16. The average molecular weight is 227 g/mol. The molecule has 1 atom stereocenters. The second-order valence-electron chi connectivity index (χ2n) is 4.69. The number of carboxylic acid groups (broad SMARTS) is 1. The number of carbonyl (C=O) groups is 2. The molecule has 3 rings (SSSR count). The van der Waals surface area contributed by atoms with Crippen LogP contribution in [-0.4, -0.2) is 47.2 Å². The molecule has 0 aromatic heterocycles. The van der Waals surface area contributed by atoms with Gasteiger partial charge < -0.3 is 14.7 Å². The number of aliphatic carboxylic acids is 1. The molecule has 1 saturated carbocycles. The van der Waals surface area contributed by atoms with E-state index in [4.69, 9.17) is 4.74 Å². The Morgan fingerprint density at radius 2 is 2.19 bits per heavy atom. The van der Waals surface area contributed by atoms with Gasteiger partial charge in [0.15, 0.2) is 0 Å². The summed E-state index contributed by atoms with van der Waals surface area (Å²) in [5.41, 5.74) is -0.923. The fraction of sp³-hybridized carbons (Fsp3) is 0.818. The van der Waals surface area contributed by atoms with Crippen LogP contribution in [0.1, 0.15) is 26.2 Å². The van der Waals surface area contributed by atoms with Gasteiger partial charge in [-0.15, -0.1) is 0 Å². The minimum Gasteiger partial charge on any atom is -0.479 e. The lowest BCUT2D eigenvalue weighted by Crippen LogP contribution is -2.56. The fourth-order valence-electron chi connectivity index (χ4n) is 2.88. The van der Waals surface area contributed by atoms with Gasteiger partial charge in [-0.3, -0.25) is 4.79 Å². The van der Waals surface area contributed by atoms with Gasteiger partial charge in [-0.1, -0.05) is 6.92 Å². The topological polar surface area (TPSA) is 66.8 Å². The summed E-state index contributed by atoms with van der Waals surface area (Å²) in [4.78, 5) is 24.8. The number of hydrogen-bond donors (Lipinski definition) is 1. The van der Waals surface area contributed by atoms with Gasteiger partial charge in [0.05, 0.1) is 0 Å². The van der Waals surface area contributed by atoms with Crippen molar-refractivity contribution in [2.45, 2.75) is 37.8 Å². The van der Waals surface area contributed by atoms with Crippen molar-refractivity contribution in [3.05, 3.63) is 0 Å². The van der Waals surface area contributed by atoms with Crippen molar-refractivity contribution in [1.82, 2.24) is 4.90 Å². The molecule has 0 radical (unpaired) electrons. The quantitative estimate of drug-likeness (QED) is 0.759. The van der Waals surface area contributed by atoms with Crippen molar-refractivity contribution in [1.29, 1.82) is 0 Å². The number of carboxylic acids is 1. The summed E-state index contributed by atoms with van der Waals surface area (Å²) in [5, 5.41) is 9.22. The molecule has 90 valence electrons. The molecule has 0 aromatic carbocycles. The summed E-state index contributed by atoms with van der Waals surface area (Å²) in [5.74, 6) is -0.678. The van der Waals surface area contributed by atoms with Gasteiger partial charge in [-0.05, 0) is 25.2 Å². The molecule has 3 aliphatic rings. The van der Waals surface area contributed by atoms with E-state index < -0.39 is 17.6 Å². The highest BCUT2D eigenvalue weighted by molar-refractivity contribution is 5.91. The number of carbonyl (C=O) groups excluding carboxylic acids is 1. The maximum Gasteiger partial charge on any atom is 0.329 e. The van der Waals surface area contributed by atoms with Crippen LogP contribution in [0, 0.1) is 5.92 Å². The van der Waals surface area contributed by atoms with Gasteiger partial charge in [0, 0.05) is 13.7 Å². The van der Waals surface area contributed by atoms with Crippen LogP contribution < -0.4 is 0 Å². The summed E-state index contributed by atoms with van der Waals surface area (Å²) in [6, 6.07) is 0. The van der Waals surface area contributed by atoms with Crippen molar-refractivity contribution >= 4 is 11.9 Å². The van der Waals surface area contributed by atoms with Crippen molar-refractivity contribution < 1.29 is 19.4 Å². The summed E-state index contributed by atoms with van der Waals surface area (Å²) in [6.45, 7) is 2.44. The van der Waals surface area contributed by atoms with E-state index in [0.29, 0.717) is 31.7 Å². The zero-order valence-electron chi connectivity index (χ0n) is 9.60. The normalized spacial score (nSPS) is 33.4. The Labute approximate surface area is 94.4 Å². The van der Waals surface area contributed by atoms with Gasteiger partial charge in [-0.2, -0.15) is 0 Å². The molecule has 1 aliphatic carbocycles. The highest BCUT2D eigenvalue weighted by Gasteiger charge is 2.63. The van der Waals surface area contributed by atoms with Crippen LogP contribution in [0.2, 0.25) is 0 Å². The van der Waals surface area contributed by atoms with Gasteiger partial charge in [-0.25, -0.2) is 4.79 Å². The number of amides is 1. The highest BCUT2D eigenvalue weighted by atomic mass is 16.5. The lowest BCUT2D eigenvalue weighted by atomic mass is 9.73. The van der Waals surface area contributed by atoms with Crippen LogP contribution in [0.3, 0.4) is 0 Å². The number of nitrogens with zero attached hydrogens (tertiary/aromatic N) is 1. The van der Waals surface area contributed by atoms with Gasteiger partial charge in [0.2, 0.25) is 0 Å². The number of rotatable bonds is 4. The van der Waals surface area contributed by atoms with E-state index in [1.807, 2.05) is 6.92 Å². The van der Waals surface area contributed by atoms with E-state index in [-0.39, 0.29) is 5.91 Å². The average Bonchev–Trinajstić information content (AvgIpc) is 2.73. The monoisotopic (exact) mass is 227 g/mol. The molecule has 2 aliphatic heterocycles. The van der Waals surface area contributed by atoms with Crippen LogP contribution in [0.4, 0.5) is 0 Å². The summed E-state index contributed by atoms with van der Waals surface area (Å²) >= 11 is 0. The maximum atomic E-state index is 12.1. The molecule has 2 saturated heterocycles. The fourth-order valence-corrected chi connectivity index (χ4v) is 2.88. The van der Waals surface area contributed by atoms with Crippen molar-refractivity contribution in [3.8, 4) is 0 Å². The minimum atomic E-state index is -0.923. The number of ether oxygens (including phenoxy) is 1. The Hall–Kier alpha value is -1.10. The second kappa shape index (κ2) is 3.73. The molecule has 2 heterocycles. The van der Waals surface area contributed by atoms with Gasteiger partial charge in [0.1, 0.15) is 11.6 Å². The van der Waals surface area contributed by atoms with Crippen LogP contribution >= 0.6 is 0 Å². The molecular formula is C11H17NO4. The number of methoxy groups -OCH3 is 1. The lowest BCUT2D eigenvalue weighted by molar-refractivity contribution is -0.162. The highest BCUT2D eigenvalue weighted by Crippen LogP contribution is 2.50. The molecule has 16 heavy (non-hydrogen) atoms. The van der Waals surface area contributed by atoms with E-state index in [0.717, 1.165) is 0 Å². The van der Waals surface area contributed by atoms with Crippen molar-refractivity contribution in [3.63, 3.8) is 0 Å². The van der Waals surface area contributed by atoms with Crippen LogP contribution in [0.25, 0.3) is 0 Å². The molecule has 0 spiro atoms. The van der Waals surface area contributed by atoms with Crippen molar-refractivity contribution in [2.24, 2.45) is 5.92 Å². The Morgan fingerprint density at radius 3 is 2.62 bits per heavy atom. The third-order valence-corrected chi connectivity index (χ3v) is 3.81. The minimum absolute atomic E-state index is 0.174. The van der Waals surface area contributed by atoms with Gasteiger partial charge >= 0.3 is 5.97 Å². The predicted octanol–water partition coefficient (Wildman–Crippen LogP) is 0.487. The molecule has 5 heteroatoms. The predicted molar refractivity (Wildman–Crippen MR) is 55.9 cm³/mol. The van der Waals surface area contributed by atoms with Crippen LogP contribution in [-0.2, 0) is 14.3 Å². The zero-order valence-corrected chi connectivity index (χ0v) is 9.60. The van der Waals surface area contributed by atoms with Crippen LogP contribution in [0.15, 0.2) is 0 Å². The van der Waals surface area contributed by atoms with Crippen molar-refractivity contribution in [2.75, 3.05) is 13.7 Å². The molecule has 3 fully saturated rings. The first-order chi connectivity index (χ1) is 7.55. The summed E-state index contributed by atoms with van der Waals surface area (Å²) in [6.07, 6.45) is 1.28. The van der Waals surface area contributed by atoms with E-state index in [1.54, 1.807) is 0 Å². The third-order valence-electron chi connectivity index (χ3n) is 3.81. The number of hydrogen-bond acceptors (Lipinski definition) is 3. The molecule has 5 nitrogen and oxygen atoms in total. The summed E-state index contributed by atoms with van der Waals surface area (Å²) < 4.78 is 5.08. The molecule has 2 bridgehead atoms. The molecule has 1 N–H and O–H groups in total. The van der Waals surface area contributed by atoms with E-state index in [1.165, 1.54) is 12.0 Å². The van der Waals surface area contributed by atoms with Crippen LogP contribution in [0.5, 0.6) is 0 Å². The largest absolute Gasteiger partial charge is 0.479 e. The molecule has 1 unspecified atom stereocenters. The molecule has 0 aromatic rings. The molecule has 1 amide bonds. The number of fused-ring (bicyclic) bond motifs is 1. The SMILES string of the molecule is CCC(OC)C(=O)N1CC2CC1(C(=O)O)C2.